The monoisotopic (exact) mass is 338 g/mol. The van der Waals surface area contributed by atoms with Crippen molar-refractivity contribution < 1.29 is 0 Å². The Morgan fingerprint density at radius 2 is 1.79 bits per heavy atom. The van der Waals surface area contributed by atoms with Gasteiger partial charge in [-0.15, -0.1) is 10.2 Å². The molecule has 0 aliphatic rings. The van der Waals surface area contributed by atoms with Crippen LogP contribution in [0.25, 0.3) is 17.1 Å². The first-order chi connectivity index (χ1) is 11.7. The van der Waals surface area contributed by atoms with Crippen LogP contribution in [0.5, 0.6) is 0 Å². The van der Waals surface area contributed by atoms with E-state index in [0.717, 1.165) is 28.0 Å². The summed E-state index contributed by atoms with van der Waals surface area (Å²) < 4.78 is 2.15. The molecule has 0 aliphatic heterocycles. The van der Waals surface area contributed by atoms with Gasteiger partial charge in [-0.25, -0.2) is 0 Å². The van der Waals surface area contributed by atoms with Crippen LogP contribution in [0, 0.1) is 13.8 Å². The minimum absolute atomic E-state index is 0.861. The first-order valence-corrected chi connectivity index (χ1v) is 9.25. The summed E-state index contributed by atoms with van der Waals surface area (Å²) in [4.78, 5) is 4.10. The molecule has 0 saturated carbocycles. The number of hydrogen-bond donors (Lipinski definition) is 0. The maximum atomic E-state index is 4.46. The van der Waals surface area contributed by atoms with Crippen molar-refractivity contribution in [3.63, 3.8) is 0 Å². The molecule has 0 atom stereocenters. The molecule has 2 heterocycles. The summed E-state index contributed by atoms with van der Waals surface area (Å²) in [5, 5.41) is 9.85. The molecule has 0 bridgehead atoms. The number of aromatic nitrogens is 4. The fourth-order valence-electron chi connectivity index (χ4n) is 2.46. The maximum absolute atomic E-state index is 4.46. The molecule has 4 nitrogen and oxygen atoms in total. The van der Waals surface area contributed by atoms with Gasteiger partial charge < -0.3 is 0 Å². The Bertz CT molecular complexity index is 811. The number of nitrogens with zero attached hydrogens (tertiary/aromatic N) is 4. The molecule has 0 unspecified atom stereocenters. The second-order valence-corrected chi connectivity index (χ2v) is 6.91. The van der Waals surface area contributed by atoms with Crippen LogP contribution in [0.2, 0.25) is 0 Å². The van der Waals surface area contributed by atoms with Gasteiger partial charge in [0, 0.05) is 23.7 Å². The smallest absolute Gasteiger partial charge is 0.196 e. The van der Waals surface area contributed by atoms with E-state index in [4.69, 9.17) is 0 Å². The average molecular weight is 338 g/mol. The molecule has 24 heavy (non-hydrogen) atoms. The standard InChI is InChI=1S/C19H22N4S/c1-4-5-12-24-19-22-21-18(16-8-10-20-11-9-16)23(19)17-7-6-14(2)15(3)13-17/h6-11,13H,4-5,12H2,1-3H3. The van der Waals surface area contributed by atoms with Crippen LogP contribution >= 0.6 is 11.8 Å². The number of thioether (sulfide) groups is 1. The average Bonchev–Trinajstić information content (AvgIpc) is 3.02. The molecule has 3 aromatic rings. The highest BCUT2D eigenvalue weighted by Crippen LogP contribution is 2.29. The zero-order chi connectivity index (χ0) is 16.9. The molecule has 0 aliphatic carbocycles. The molecule has 0 saturated heterocycles. The quantitative estimate of drug-likeness (QED) is 0.476. The van der Waals surface area contributed by atoms with Crippen LogP contribution in [0.1, 0.15) is 30.9 Å². The summed E-state index contributed by atoms with van der Waals surface area (Å²) in [6.07, 6.45) is 5.94. The second kappa shape index (κ2) is 7.62. The van der Waals surface area contributed by atoms with Crippen LogP contribution in [0.4, 0.5) is 0 Å². The van der Waals surface area contributed by atoms with E-state index < -0.39 is 0 Å². The van der Waals surface area contributed by atoms with Crippen molar-refractivity contribution in [2.24, 2.45) is 0 Å². The zero-order valence-corrected chi connectivity index (χ0v) is 15.2. The lowest BCUT2D eigenvalue weighted by Crippen LogP contribution is -2.01. The second-order valence-electron chi connectivity index (χ2n) is 5.85. The summed E-state index contributed by atoms with van der Waals surface area (Å²) >= 11 is 1.77. The lowest BCUT2D eigenvalue weighted by Gasteiger charge is -2.12. The lowest BCUT2D eigenvalue weighted by atomic mass is 10.1. The summed E-state index contributed by atoms with van der Waals surface area (Å²) in [5.41, 5.74) is 4.69. The number of aryl methyl sites for hydroxylation is 2. The highest BCUT2D eigenvalue weighted by Gasteiger charge is 2.16. The third-order valence-electron chi connectivity index (χ3n) is 4.05. The van der Waals surface area contributed by atoms with Gasteiger partial charge in [-0.1, -0.05) is 31.2 Å². The van der Waals surface area contributed by atoms with Gasteiger partial charge in [0.05, 0.1) is 5.69 Å². The normalized spacial score (nSPS) is 11.0. The minimum Gasteiger partial charge on any atom is -0.270 e. The van der Waals surface area contributed by atoms with Crippen molar-refractivity contribution in [1.29, 1.82) is 0 Å². The van der Waals surface area contributed by atoms with Crippen molar-refractivity contribution >= 4 is 11.8 Å². The van der Waals surface area contributed by atoms with Crippen molar-refractivity contribution in [3.05, 3.63) is 53.9 Å². The Hall–Kier alpha value is -2.14. The minimum atomic E-state index is 0.861. The number of hydrogen-bond acceptors (Lipinski definition) is 4. The fourth-order valence-corrected chi connectivity index (χ4v) is 3.49. The van der Waals surface area contributed by atoms with Crippen molar-refractivity contribution in [2.75, 3.05) is 5.75 Å². The van der Waals surface area contributed by atoms with Gasteiger partial charge in [-0.3, -0.25) is 9.55 Å². The molecule has 5 heteroatoms. The predicted molar refractivity (Wildman–Crippen MR) is 99.7 cm³/mol. The molecule has 124 valence electrons. The largest absolute Gasteiger partial charge is 0.270 e. The Balaban J connectivity index is 2.08. The van der Waals surface area contributed by atoms with Gasteiger partial charge in [0.2, 0.25) is 0 Å². The molecule has 0 N–H and O–H groups in total. The van der Waals surface area contributed by atoms with Gasteiger partial charge in [0.15, 0.2) is 11.0 Å². The van der Waals surface area contributed by atoms with Crippen LogP contribution in [-0.4, -0.2) is 25.5 Å². The highest BCUT2D eigenvalue weighted by atomic mass is 32.2. The first-order valence-electron chi connectivity index (χ1n) is 8.27. The van der Waals surface area contributed by atoms with Gasteiger partial charge in [0.1, 0.15) is 0 Å². The predicted octanol–water partition coefficient (Wildman–Crippen LogP) is 4.84. The summed E-state index contributed by atoms with van der Waals surface area (Å²) in [6.45, 7) is 6.47. The van der Waals surface area contributed by atoms with E-state index >= 15 is 0 Å². The topological polar surface area (TPSA) is 43.6 Å². The number of benzene rings is 1. The molecular formula is C19H22N4S. The van der Waals surface area contributed by atoms with Gasteiger partial charge in [-0.05, 0) is 55.7 Å². The van der Waals surface area contributed by atoms with E-state index in [1.54, 1.807) is 24.2 Å². The van der Waals surface area contributed by atoms with Crippen molar-refractivity contribution in [3.8, 4) is 17.1 Å². The third-order valence-corrected chi connectivity index (χ3v) is 5.06. The molecule has 0 spiro atoms. The molecule has 3 rings (SSSR count). The SMILES string of the molecule is CCCCSc1nnc(-c2ccncc2)n1-c1ccc(C)c(C)c1. The summed E-state index contributed by atoms with van der Waals surface area (Å²) in [7, 11) is 0. The number of rotatable bonds is 6. The highest BCUT2D eigenvalue weighted by molar-refractivity contribution is 7.99. The Labute approximate surface area is 147 Å². The lowest BCUT2D eigenvalue weighted by molar-refractivity contribution is 0.865. The number of unbranched alkanes of at least 4 members (excludes halogenated alkanes) is 1. The summed E-state index contributed by atoms with van der Waals surface area (Å²) in [5.74, 6) is 1.91. The molecule has 2 aromatic heterocycles. The molecule has 1 aromatic carbocycles. The van der Waals surface area contributed by atoms with Crippen LogP contribution in [-0.2, 0) is 0 Å². The molecule has 0 fully saturated rings. The Morgan fingerprint density at radius 3 is 2.50 bits per heavy atom. The Morgan fingerprint density at radius 1 is 1.00 bits per heavy atom. The maximum Gasteiger partial charge on any atom is 0.196 e. The first kappa shape index (κ1) is 16.7. The number of pyridine rings is 1. The van der Waals surface area contributed by atoms with Crippen LogP contribution in [0.15, 0.2) is 47.9 Å². The fraction of sp³-hybridized carbons (Fsp3) is 0.316. The van der Waals surface area contributed by atoms with E-state index in [0.29, 0.717) is 0 Å². The van der Waals surface area contributed by atoms with Crippen LogP contribution < -0.4 is 0 Å². The van der Waals surface area contributed by atoms with Crippen molar-refractivity contribution in [2.45, 2.75) is 38.8 Å². The van der Waals surface area contributed by atoms with Gasteiger partial charge in [0.25, 0.3) is 0 Å². The van der Waals surface area contributed by atoms with E-state index in [-0.39, 0.29) is 0 Å². The summed E-state index contributed by atoms with van der Waals surface area (Å²) in [6, 6.07) is 10.4. The van der Waals surface area contributed by atoms with E-state index in [9.17, 15) is 0 Å². The van der Waals surface area contributed by atoms with E-state index in [1.165, 1.54) is 24.0 Å². The Kier molecular flexibility index (Phi) is 5.30. The van der Waals surface area contributed by atoms with Gasteiger partial charge >= 0.3 is 0 Å². The van der Waals surface area contributed by atoms with E-state index in [1.807, 2.05) is 12.1 Å². The van der Waals surface area contributed by atoms with E-state index in [2.05, 4.69) is 58.7 Å². The molecule has 0 radical (unpaired) electrons. The van der Waals surface area contributed by atoms with Gasteiger partial charge in [-0.2, -0.15) is 0 Å². The zero-order valence-electron chi connectivity index (χ0n) is 14.4. The third kappa shape index (κ3) is 3.51. The van der Waals surface area contributed by atoms with Crippen LogP contribution in [0.3, 0.4) is 0 Å². The molecule has 0 amide bonds. The van der Waals surface area contributed by atoms with Crippen molar-refractivity contribution in [1.82, 2.24) is 19.7 Å². The molecular weight excluding hydrogens is 316 g/mol.